The van der Waals surface area contributed by atoms with E-state index in [0.717, 1.165) is 47.6 Å². The van der Waals surface area contributed by atoms with E-state index < -0.39 is 5.60 Å². The number of pyridine rings is 1. The van der Waals surface area contributed by atoms with E-state index in [1.165, 1.54) is 5.56 Å². The predicted molar refractivity (Wildman–Crippen MR) is 133 cm³/mol. The highest BCUT2D eigenvalue weighted by Crippen LogP contribution is 2.37. The van der Waals surface area contributed by atoms with Crippen LogP contribution >= 0.6 is 0 Å². The Kier molecular flexibility index (Phi) is 5.83. The van der Waals surface area contributed by atoms with Gasteiger partial charge in [-0.25, -0.2) is 0 Å². The monoisotopic (exact) mass is 485 g/mol. The molecular weight excluding hydrogens is 458 g/mol. The van der Waals surface area contributed by atoms with Crippen molar-refractivity contribution >= 4 is 16.9 Å². The largest absolute Gasteiger partial charge is 0.454 e. The summed E-state index contributed by atoms with van der Waals surface area (Å²) < 4.78 is 16.7. The van der Waals surface area contributed by atoms with Gasteiger partial charge >= 0.3 is 0 Å². The first-order valence-electron chi connectivity index (χ1n) is 12.1. The van der Waals surface area contributed by atoms with Crippen LogP contribution in [0.2, 0.25) is 0 Å². The minimum Gasteiger partial charge on any atom is -0.454 e. The van der Waals surface area contributed by atoms with Crippen LogP contribution in [0.1, 0.15) is 40.1 Å². The number of nitrogens with one attached hydrogen (secondary N) is 1. The molecule has 1 fully saturated rings. The standard InChI is InChI=1S/C28H27N3O5/c32-27(30-16-20-2-1-9-29-15-20)26-14-21-13-22(4-6-23(21)36-26)28(33)7-10-31(11-8-28)17-19-3-5-24-25(12-19)35-18-34-24/h1-6,9,12-15,33H,7-8,10-11,16-18H2,(H,30,32). The first-order chi connectivity index (χ1) is 17.6. The summed E-state index contributed by atoms with van der Waals surface area (Å²) in [7, 11) is 0. The maximum Gasteiger partial charge on any atom is 0.287 e. The zero-order chi connectivity index (χ0) is 24.5. The molecule has 2 N–H and O–H groups in total. The van der Waals surface area contributed by atoms with Crippen molar-refractivity contribution < 1.29 is 23.8 Å². The maximum absolute atomic E-state index is 12.6. The van der Waals surface area contributed by atoms with Crippen LogP contribution in [0, 0.1) is 0 Å². The molecule has 0 saturated carbocycles. The van der Waals surface area contributed by atoms with Crippen LogP contribution in [0.3, 0.4) is 0 Å². The molecule has 2 aliphatic heterocycles. The Morgan fingerprint density at radius 2 is 1.89 bits per heavy atom. The number of hydrogen-bond donors (Lipinski definition) is 2. The van der Waals surface area contributed by atoms with E-state index in [0.29, 0.717) is 25.0 Å². The van der Waals surface area contributed by atoms with Crippen molar-refractivity contribution in [3.05, 3.63) is 89.4 Å². The molecule has 0 radical (unpaired) electrons. The molecular formula is C28H27N3O5. The Bertz CT molecular complexity index is 1390. The predicted octanol–water partition coefficient (Wildman–Crippen LogP) is 3.97. The molecule has 0 bridgehead atoms. The van der Waals surface area contributed by atoms with Gasteiger partial charge in [0.1, 0.15) is 5.58 Å². The van der Waals surface area contributed by atoms with E-state index in [4.69, 9.17) is 13.9 Å². The van der Waals surface area contributed by atoms with Crippen LogP contribution in [0.25, 0.3) is 11.0 Å². The molecule has 2 aromatic heterocycles. The second-order valence-corrected chi connectivity index (χ2v) is 9.40. The first-order valence-corrected chi connectivity index (χ1v) is 12.1. The minimum absolute atomic E-state index is 0.247. The first kappa shape index (κ1) is 22.6. The van der Waals surface area contributed by atoms with Crippen molar-refractivity contribution in [1.29, 1.82) is 0 Å². The number of fused-ring (bicyclic) bond motifs is 2. The molecule has 6 rings (SSSR count). The van der Waals surface area contributed by atoms with Gasteiger partial charge in [0.15, 0.2) is 17.3 Å². The number of aliphatic hydroxyl groups is 1. The van der Waals surface area contributed by atoms with Gasteiger partial charge in [-0.3, -0.25) is 14.7 Å². The summed E-state index contributed by atoms with van der Waals surface area (Å²) in [4.78, 5) is 19.0. The number of likely N-dealkylation sites (tertiary alicyclic amines) is 1. The SMILES string of the molecule is O=C(NCc1cccnc1)c1cc2cc(C3(O)CCN(Cc4ccc5c(c4)OCO5)CC3)ccc2o1. The maximum atomic E-state index is 12.6. The second kappa shape index (κ2) is 9.29. The fourth-order valence-electron chi connectivity index (χ4n) is 4.88. The molecule has 1 saturated heterocycles. The second-order valence-electron chi connectivity index (χ2n) is 9.40. The summed E-state index contributed by atoms with van der Waals surface area (Å²) in [5.74, 6) is 1.54. The van der Waals surface area contributed by atoms with Crippen molar-refractivity contribution in [2.24, 2.45) is 0 Å². The van der Waals surface area contributed by atoms with Crippen LogP contribution < -0.4 is 14.8 Å². The molecule has 0 spiro atoms. The van der Waals surface area contributed by atoms with Gasteiger partial charge in [0.2, 0.25) is 6.79 Å². The Morgan fingerprint density at radius 1 is 1.03 bits per heavy atom. The Balaban J connectivity index is 1.10. The van der Waals surface area contributed by atoms with E-state index in [1.54, 1.807) is 18.5 Å². The van der Waals surface area contributed by atoms with Crippen molar-refractivity contribution in [3.63, 3.8) is 0 Å². The highest BCUT2D eigenvalue weighted by molar-refractivity contribution is 5.96. The highest BCUT2D eigenvalue weighted by atomic mass is 16.7. The lowest BCUT2D eigenvalue weighted by Gasteiger charge is -2.38. The highest BCUT2D eigenvalue weighted by Gasteiger charge is 2.34. The summed E-state index contributed by atoms with van der Waals surface area (Å²) >= 11 is 0. The van der Waals surface area contributed by atoms with Crippen LogP contribution in [0.5, 0.6) is 11.5 Å². The average Bonchev–Trinajstić information content (AvgIpc) is 3.55. The lowest BCUT2D eigenvalue weighted by molar-refractivity contribution is -0.0276. The van der Waals surface area contributed by atoms with Gasteiger partial charge in [-0.15, -0.1) is 0 Å². The molecule has 8 nitrogen and oxygen atoms in total. The molecule has 2 aromatic carbocycles. The molecule has 0 unspecified atom stereocenters. The van der Waals surface area contributed by atoms with Gasteiger partial charge in [-0.05, 0) is 65.9 Å². The van der Waals surface area contributed by atoms with Crippen LogP contribution in [-0.4, -0.2) is 40.8 Å². The third kappa shape index (κ3) is 4.53. The summed E-state index contributed by atoms with van der Waals surface area (Å²) in [6.45, 7) is 2.99. The number of nitrogens with zero attached hydrogens (tertiary/aromatic N) is 2. The van der Waals surface area contributed by atoms with E-state index in [9.17, 15) is 9.90 Å². The number of ether oxygens (including phenoxy) is 2. The smallest absolute Gasteiger partial charge is 0.287 e. The molecule has 184 valence electrons. The molecule has 1 amide bonds. The average molecular weight is 486 g/mol. The number of carbonyl (C=O) groups excluding carboxylic acids is 1. The molecule has 36 heavy (non-hydrogen) atoms. The van der Waals surface area contributed by atoms with Crippen molar-refractivity contribution in [1.82, 2.24) is 15.2 Å². The minimum atomic E-state index is -0.917. The summed E-state index contributed by atoms with van der Waals surface area (Å²) in [5.41, 5.74) is 2.63. The van der Waals surface area contributed by atoms with Crippen molar-refractivity contribution in [3.8, 4) is 11.5 Å². The number of furan rings is 1. The van der Waals surface area contributed by atoms with Gasteiger partial charge in [0.25, 0.3) is 5.91 Å². The number of benzene rings is 2. The van der Waals surface area contributed by atoms with E-state index in [2.05, 4.69) is 21.3 Å². The van der Waals surface area contributed by atoms with Crippen LogP contribution in [0.15, 0.2) is 71.4 Å². The van der Waals surface area contributed by atoms with E-state index >= 15 is 0 Å². The van der Waals surface area contributed by atoms with Crippen LogP contribution in [-0.2, 0) is 18.7 Å². The number of amides is 1. The molecule has 8 heteroatoms. The normalized spacial score (nSPS) is 16.8. The summed E-state index contributed by atoms with van der Waals surface area (Å²) in [5, 5.41) is 15.1. The summed E-state index contributed by atoms with van der Waals surface area (Å²) in [6.07, 6.45) is 4.66. The zero-order valence-corrected chi connectivity index (χ0v) is 19.8. The molecule has 4 aromatic rings. The van der Waals surface area contributed by atoms with Gasteiger partial charge < -0.3 is 24.3 Å². The van der Waals surface area contributed by atoms with Gasteiger partial charge in [-0.2, -0.15) is 0 Å². The molecule has 4 heterocycles. The fourth-order valence-corrected chi connectivity index (χ4v) is 4.88. The number of hydrogen-bond acceptors (Lipinski definition) is 7. The third-order valence-electron chi connectivity index (χ3n) is 6.98. The van der Waals surface area contributed by atoms with Crippen molar-refractivity contribution in [2.45, 2.75) is 31.5 Å². The topological polar surface area (TPSA) is 97.1 Å². The number of rotatable bonds is 6. The number of carbonyl (C=O) groups is 1. The lowest BCUT2D eigenvalue weighted by atomic mass is 9.84. The van der Waals surface area contributed by atoms with Gasteiger partial charge in [-0.1, -0.05) is 18.2 Å². The van der Waals surface area contributed by atoms with Crippen molar-refractivity contribution in [2.75, 3.05) is 19.9 Å². The zero-order valence-electron chi connectivity index (χ0n) is 19.8. The van der Waals surface area contributed by atoms with Crippen LogP contribution in [0.4, 0.5) is 0 Å². The number of aromatic nitrogens is 1. The van der Waals surface area contributed by atoms with E-state index in [-0.39, 0.29) is 18.5 Å². The Morgan fingerprint density at radius 3 is 2.72 bits per heavy atom. The molecule has 0 aliphatic carbocycles. The molecule has 2 aliphatic rings. The fraction of sp³-hybridized carbons (Fsp3) is 0.286. The van der Waals surface area contributed by atoms with Gasteiger partial charge in [0, 0.05) is 44.0 Å². The third-order valence-corrected chi connectivity index (χ3v) is 6.98. The molecule has 0 atom stereocenters. The Labute approximate surface area is 208 Å². The van der Waals surface area contributed by atoms with E-state index in [1.807, 2.05) is 42.5 Å². The van der Waals surface area contributed by atoms with Gasteiger partial charge in [0.05, 0.1) is 5.60 Å². The Hall–Kier alpha value is -3.88. The lowest BCUT2D eigenvalue weighted by Crippen LogP contribution is -2.42. The quantitative estimate of drug-likeness (QED) is 0.427. The number of piperidine rings is 1. The summed E-state index contributed by atoms with van der Waals surface area (Å²) in [6, 6.07) is 17.2.